The van der Waals surface area contributed by atoms with E-state index in [1.165, 1.54) is 44.6 Å². The Hall–Kier alpha value is -1.31. The van der Waals surface area contributed by atoms with Crippen molar-refractivity contribution in [3.05, 3.63) is 35.4 Å². The van der Waals surface area contributed by atoms with Crippen molar-refractivity contribution in [1.82, 2.24) is 0 Å². The number of hydrogen-bond acceptors (Lipinski definition) is 2. The molecule has 0 aromatic heterocycles. The summed E-state index contributed by atoms with van der Waals surface area (Å²) in [6, 6.07) is 8.53. The van der Waals surface area contributed by atoms with Crippen LogP contribution in [0.4, 0.5) is 0 Å². The molecule has 0 heterocycles. The molecule has 1 aliphatic rings. The highest BCUT2D eigenvalue weighted by Gasteiger charge is 2.14. The Morgan fingerprint density at radius 2 is 1.82 bits per heavy atom. The molecule has 1 aromatic rings. The maximum Gasteiger partial charge on any atom is 0.302 e. The van der Waals surface area contributed by atoms with Gasteiger partial charge in [0.1, 0.15) is 6.61 Å². The summed E-state index contributed by atoms with van der Waals surface area (Å²) >= 11 is 0. The molecule has 1 aliphatic carbocycles. The third-order valence-corrected chi connectivity index (χ3v) is 3.50. The van der Waals surface area contributed by atoms with Gasteiger partial charge < -0.3 is 4.74 Å². The van der Waals surface area contributed by atoms with E-state index in [1.54, 1.807) is 0 Å². The standard InChI is InChI=1S/C15H20O2/c1-12(16)17-11-13-7-9-15(10-8-13)14-5-3-2-4-6-14/h7-10,14H,2-6,11H2,1H3. The number of rotatable bonds is 3. The molecule has 0 aliphatic heterocycles. The van der Waals surface area contributed by atoms with Gasteiger partial charge in [0.2, 0.25) is 0 Å². The lowest BCUT2D eigenvalue weighted by Crippen LogP contribution is -2.04. The van der Waals surface area contributed by atoms with Crippen LogP contribution in [-0.4, -0.2) is 5.97 Å². The molecule has 2 nitrogen and oxygen atoms in total. The zero-order chi connectivity index (χ0) is 12.1. The van der Waals surface area contributed by atoms with Crippen LogP contribution in [0.1, 0.15) is 56.1 Å². The van der Waals surface area contributed by atoms with Crippen LogP contribution in [-0.2, 0) is 16.1 Å². The summed E-state index contributed by atoms with van der Waals surface area (Å²) < 4.78 is 4.97. The second-order valence-electron chi connectivity index (χ2n) is 4.86. The van der Waals surface area contributed by atoms with Crippen LogP contribution in [0.25, 0.3) is 0 Å². The molecule has 0 spiro atoms. The highest BCUT2D eigenvalue weighted by atomic mass is 16.5. The maximum absolute atomic E-state index is 10.7. The summed E-state index contributed by atoms with van der Waals surface area (Å²) in [5.41, 5.74) is 2.51. The average Bonchev–Trinajstić information content (AvgIpc) is 2.38. The van der Waals surface area contributed by atoms with Crippen LogP contribution in [0.3, 0.4) is 0 Å². The van der Waals surface area contributed by atoms with Gasteiger partial charge >= 0.3 is 5.97 Å². The van der Waals surface area contributed by atoms with Gasteiger partial charge in [-0.1, -0.05) is 43.5 Å². The van der Waals surface area contributed by atoms with Crippen molar-refractivity contribution in [2.45, 2.75) is 51.6 Å². The van der Waals surface area contributed by atoms with Gasteiger partial charge in [-0.2, -0.15) is 0 Å². The summed E-state index contributed by atoms with van der Waals surface area (Å²) in [6.07, 6.45) is 6.76. The Morgan fingerprint density at radius 1 is 1.18 bits per heavy atom. The van der Waals surface area contributed by atoms with Crippen molar-refractivity contribution in [3.63, 3.8) is 0 Å². The highest BCUT2D eigenvalue weighted by molar-refractivity contribution is 5.65. The quantitative estimate of drug-likeness (QED) is 0.741. The Kier molecular flexibility index (Phi) is 4.18. The summed E-state index contributed by atoms with van der Waals surface area (Å²) in [7, 11) is 0. The summed E-state index contributed by atoms with van der Waals surface area (Å²) in [5, 5.41) is 0. The fraction of sp³-hybridized carbons (Fsp3) is 0.533. The monoisotopic (exact) mass is 232 g/mol. The van der Waals surface area contributed by atoms with Gasteiger partial charge in [0, 0.05) is 6.92 Å². The van der Waals surface area contributed by atoms with E-state index in [1.807, 2.05) is 0 Å². The maximum atomic E-state index is 10.7. The molecule has 0 radical (unpaired) electrons. The Labute approximate surface area is 103 Å². The van der Waals surface area contributed by atoms with E-state index in [0.717, 1.165) is 11.5 Å². The number of hydrogen-bond donors (Lipinski definition) is 0. The number of carbonyl (C=O) groups is 1. The Balaban J connectivity index is 1.94. The van der Waals surface area contributed by atoms with Gasteiger partial charge in [0.15, 0.2) is 0 Å². The minimum Gasteiger partial charge on any atom is -0.461 e. The fourth-order valence-electron chi connectivity index (χ4n) is 2.51. The SMILES string of the molecule is CC(=O)OCc1ccc(C2CCCCC2)cc1. The van der Waals surface area contributed by atoms with Gasteiger partial charge in [0.25, 0.3) is 0 Å². The topological polar surface area (TPSA) is 26.3 Å². The zero-order valence-electron chi connectivity index (χ0n) is 10.4. The van der Waals surface area contributed by atoms with Crippen molar-refractivity contribution >= 4 is 5.97 Å². The largest absolute Gasteiger partial charge is 0.461 e. The van der Waals surface area contributed by atoms with Crippen molar-refractivity contribution in [2.24, 2.45) is 0 Å². The van der Waals surface area contributed by atoms with Crippen LogP contribution >= 0.6 is 0 Å². The van der Waals surface area contributed by atoms with E-state index in [0.29, 0.717) is 6.61 Å². The average molecular weight is 232 g/mol. The van der Waals surface area contributed by atoms with Gasteiger partial charge in [-0.15, -0.1) is 0 Å². The van der Waals surface area contributed by atoms with Crippen LogP contribution in [0.2, 0.25) is 0 Å². The molecule has 1 fully saturated rings. The number of benzene rings is 1. The molecule has 0 N–H and O–H groups in total. The van der Waals surface area contributed by atoms with Gasteiger partial charge in [-0.05, 0) is 29.9 Å². The van der Waals surface area contributed by atoms with E-state index < -0.39 is 0 Å². The molecule has 92 valence electrons. The molecule has 1 aromatic carbocycles. The first-order chi connectivity index (χ1) is 8.25. The van der Waals surface area contributed by atoms with Crippen LogP contribution in [0.5, 0.6) is 0 Å². The van der Waals surface area contributed by atoms with Crippen molar-refractivity contribution in [1.29, 1.82) is 0 Å². The number of esters is 1. The Bertz CT molecular complexity index is 361. The van der Waals surface area contributed by atoms with E-state index in [9.17, 15) is 4.79 Å². The second kappa shape index (κ2) is 5.85. The fourth-order valence-corrected chi connectivity index (χ4v) is 2.51. The van der Waals surface area contributed by atoms with E-state index in [4.69, 9.17) is 4.74 Å². The molecule has 0 amide bonds. The molecule has 2 rings (SSSR count). The summed E-state index contributed by atoms with van der Waals surface area (Å²) in [5.74, 6) is 0.521. The molecule has 1 saturated carbocycles. The van der Waals surface area contributed by atoms with Crippen LogP contribution < -0.4 is 0 Å². The number of carbonyl (C=O) groups excluding carboxylic acids is 1. The zero-order valence-corrected chi connectivity index (χ0v) is 10.4. The molecule has 17 heavy (non-hydrogen) atoms. The molecule has 0 atom stereocenters. The normalized spacial score (nSPS) is 16.8. The molecular weight excluding hydrogens is 212 g/mol. The van der Waals surface area contributed by atoms with Crippen LogP contribution in [0, 0.1) is 0 Å². The molecule has 0 unspecified atom stereocenters. The lowest BCUT2D eigenvalue weighted by molar-refractivity contribution is -0.142. The lowest BCUT2D eigenvalue weighted by Gasteiger charge is -2.22. The molecular formula is C15H20O2. The smallest absolute Gasteiger partial charge is 0.302 e. The molecule has 2 heteroatoms. The van der Waals surface area contributed by atoms with Gasteiger partial charge in [-0.25, -0.2) is 0 Å². The number of ether oxygens (including phenoxy) is 1. The first-order valence-electron chi connectivity index (χ1n) is 6.48. The third kappa shape index (κ3) is 3.58. The van der Waals surface area contributed by atoms with Crippen LogP contribution in [0.15, 0.2) is 24.3 Å². The van der Waals surface area contributed by atoms with E-state index >= 15 is 0 Å². The Morgan fingerprint density at radius 3 is 2.41 bits per heavy atom. The lowest BCUT2D eigenvalue weighted by atomic mass is 9.84. The van der Waals surface area contributed by atoms with Crippen molar-refractivity contribution in [2.75, 3.05) is 0 Å². The minimum atomic E-state index is -0.221. The first-order valence-corrected chi connectivity index (χ1v) is 6.48. The second-order valence-corrected chi connectivity index (χ2v) is 4.86. The van der Waals surface area contributed by atoms with Crippen molar-refractivity contribution < 1.29 is 9.53 Å². The summed E-state index contributed by atoms with van der Waals surface area (Å²) in [6.45, 7) is 1.83. The minimum absolute atomic E-state index is 0.221. The predicted molar refractivity (Wildman–Crippen MR) is 67.7 cm³/mol. The third-order valence-electron chi connectivity index (χ3n) is 3.50. The summed E-state index contributed by atoms with van der Waals surface area (Å²) in [4.78, 5) is 10.7. The molecule has 0 saturated heterocycles. The molecule has 0 bridgehead atoms. The van der Waals surface area contributed by atoms with E-state index in [2.05, 4.69) is 24.3 Å². The van der Waals surface area contributed by atoms with Gasteiger partial charge in [0.05, 0.1) is 0 Å². The predicted octanol–water partition coefficient (Wildman–Crippen LogP) is 3.80. The first kappa shape index (κ1) is 12.2. The van der Waals surface area contributed by atoms with E-state index in [-0.39, 0.29) is 5.97 Å². The van der Waals surface area contributed by atoms with Crippen molar-refractivity contribution in [3.8, 4) is 0 Å². The highest BCUT2D eigenvalue weighted by Crippen LogP contribution is 2.32. The van der Waals surface area contributed by atoms with Gasteiger partial charge in [-0.3, -0.25) is 4.79 Å².